The number of morpholine rings is 1. The Hall–Kier alpha value is -1.73. The van der Waals surface area contributed by atoms with Gasteiger partial charge in [0, 0.05) is 30.0 Å². The zero-order valence-electron chi connectivity index (χ0n) is 13.4. The first-order valence-corrected chi connectivity index (χ1v) is 8.96. The first kappa shape index (κ1) is 17.1. The molecule has 0 aliphatic carbocycles. The van der Waals surface area contributed by atoms with Gasteiger partial charge in [0.1, 0.15) is 0 Å². The highest BCUT2D eigenvalue weighted by Crippen LogP contribution is 2.26. The van der Waals surface area contributed by atoms with Crippen LogP contribution in [0.15, 0.2) is 41.8 Å². The summed E-state index contributed by atoms with van der Waals surface area (Å²) in [7, 11) is 0. The molecule has 0 radical (unpaired) electrons. The molecule has 3 rings (SSSR count). The predicted octanol–water partition coefficient (Wildman–Crippen LogP) is 2.17. The maximum atomic E-state index is 12.8. The third-order valence-corrected chi connectivity index (χ3v) is 5.27. The lowest BCUT2D eigenvalue weighted by Gasteiger charge is -2.36. The molecule has 3 N–H and O–H groups in total. The summed E-state index contributed by atoms with van der Waals surface area (Å²) in [5.74, 6) is -0.0229. The zero-order chi connectivity index (χ0) is 16.9. The topological polar surface area (TPSA) is 75.8 Å². The molecule has 2 aromatic rings. The lowest BCUT2D eigenvalue weighted by Crippen LogP contribution is -2.49. The van der Waals surface area contributed by atoms with Gasteiger partial charge in [-0.25, -0.2) is 0 Å². The van der Waals surface area contributed by atoms with Gasteiger partial charge in [0.25, 0.3) is 5.91 Å². The van der Waals surface area contributed by atoms with Gasteiger partial charge in [-0.15, -0.1) is 11.3 Å². The highest BCUT2D eigenvalue weighted by Gasteiger charge is 2.30. The van der Waals surface area contributed by atoms with Crippen molar-refractivity contribution in [2.75, 3.05) is 19.8 Å². The summed E-state index contributed by atoms with van der Waals surface area (Å²) in [6, 6.07) is 11.1. The van der Waals surface area contributed by atoms with E-state index in [0.29, 0.717) is 38.3 Å². The Balaban J connectivity index is 1.72. The van der Waals surface area contributed by atoms with E-state index in [1.54, 1.807) is 0 Å². The first-order valence-electron chi connectivity index (χ1n) is 8.08. The van der Waals surface area contributed by atoms with Crippen molar-refractivity contribution in [2.45, 2.75) is 25.1 Å². The van der Waals surface area contributed by atoms with Crippen molar-refractivity contribution in [2.24, 2.45) is 5.73 Å². The predicted molar refractivity (Wildman–Crippen MR) is 93.9 cm³/mol. The average molecular weight is 346 g/mol. The number of nitrogens with zero attached hydrogens (tertiary/aromatic N) is 1. The number of ether oxygens (including phenoxy) is 1. The summed E-state index contributed by atoms with van der Waals surface area (Å²) < 4.78 is 5.54. The molecule has 0 bridgehead atoms. The Morgan fingerprint density at radius 3 is 2.83 bits per heavy atom. The number of carbonyl (C=O) groups is 1. The lowest BCUT2D eigenvalue weighted by molar-refractivity contribution is -0.0170. The summed E-state index contributed by atoms with van der Waals surface area (Å²) in [5, 5.41) is 12.3. The van der Waals surface area contributed by atoms with Gasteiger partial charge in [-0.2, -0.15) is 0 Å². The largest absolute Gasteiger partial charge is 0.387 e. The van der Waals surface area contributed by atoms with Crippen LogP contribution in [-0.4, -0.2) is 41.7 Å². The second-order valence-corrected chi connectivity index (χ2v) is 6.87. The van der Waals surface area contributed by atoms with Crippen molar-refractivity contribution in [1.82, 2.24) is 4.90 Å². The van der Waals surface area contributed by atoms with E-state index in [1.165, 1.54) is 11.3 Å². The number of aliphatic hydroxyl groups excluding tert-OH is 1. The number of carbonyl (C=O) groups excluding carboxylic acids is 1. The third-order valence-electron chi connectivity index (χ3n) is 4.29. The minimum Gasteiger partial charge on any atom is -0.387 e. The molecule has 5 nitrogen and oxygen atoms in total. The second-order valence-electron chi connectivity index (χ2n) is 5.90. The van der Waals surface area contributed by atoms with E-state index in [4.69, 9.17) is 10.5 Å². The molecule has 1 aromatic heterocycles. The van der Waals surface area contributed by atoms with Crippen LogP contribution in [0.25, 0.3) is 0 Å². The molecule has 128 valence electrons. The number of hydrogen-bond donors (Lipinski definition) is 2. The van der Waals surface area contributed by atoms with Crippen molar-refractivity contribution < 1.29 is 14.6 Å². The highest BCUT2D eigenvalue weighted by atomic mass is 32.1. The van der Waals surface area contributed by atoms with Crippen LogP contribution in [0, 0.1) is 0 Å². The zero-order valence-corrected chi connectivity index (χ0v) is 14.2. The molecule has 1 fully saturated rings. The minimum atomic E-state index is -0.577. The summed E-state index contributed by atoms with van der Waals surface area (Å²) in [5.41, 5.74) is 7.24. The van der Waals surface area contributed by atoms with Gasteiger partial charge in [0.15, 0.2) is 0 Å². The van der Waals surface area contributed by atoms with Crippen LogP contribution in [0.1, 0.15) is 33.3 Å². The first-order chi connectivity index (χ1) is 11.7. The summed E-state index contributed by atoms with van der Waals surface area (Å²) in [6.45, 7) is 1.98. The Morgan fingerprint density at radius 1 is 1.38 bits per heavy atom. The Kier molecular flexibility index (Phi) is 5.63. The van der Waals surface area contributed by atoms with Crippen molar-refractivity contribution in [3.63, 3.8) is 0 Å². The number of amides is 1. The molecule has 2 heterocycles. The van der Waals surface area contributed by atoms with Crippen LogP contribution in [0.2, 0.25) is 0 Å². The van der Waals surface area contributed by atoms with Gasteiger partial charge >= 0.3 is 0 Å². The molecule has 1 saturated heterocycles. The van der Waals surface area contributed by atoms with Gasteiger partial charge < -0.3 is 20.5 Å². The molecule has 1 aliphatic rings. The van der Waals surface area contributed by atoms with Crippen molar-refractivity contribution in [3.05, 3.63) is 57.8 Å². The van der Waals surface area contributed by atoms with Gasteiger partial charge in [-0.1, -0.05) is 18.2 Å². The Morgan fingerprint density at radius 2 is 2.17 bits per heavy atom. The number of aliphatic hydroxyl groups is 1. The molecular weight excluding hydrogens is 324 g/mol. The van der Waals surface area contributed by atoms with E-state index < -0.39 is 6.10 Å². The molecule has 6 heteroatoms. The fourth-order valence-electron chi connectivity index (χ4n) is 2.92. The monoisotopic (exact) mass is 346 g/mol. The average Bonchev–Trinajstić information content (AvgIpc) is 3.16. The molecule has 1 amide bonds. The van der Waals surface area contributed by atoms with E-state index in [0.717, 1.165) is 10.4 Å². The van der Waals surface area contributed by atoms with Crippen LogP contribution in [0.4, 0.5) is 0 Å². The van der Waals surface area contributed by atoms with Crippen LogP contribution in [0.5, 0.6) is 0 Å². The quantitative estimate of drug-likeness (QED) is 0.870. The van der Waals surface area contributed by atoms with Gasteiger partial charge in [-0.05, 0) is 29.1 Å². The van der Waals surface area contributed by atoms with Crippen molar-refractivity contribution in [3.8, 4) is 0 Å². The summed E-state index contributed by atoms with van der Waals surface area (Å²) in [4.78, 5) is 15.6. The van der Waals surface area contributed by atoms with E-state index >= 15 is 0 Å². The second kappa shape index (κ2) is 7.90. The van der Waals surface area contributed by atoms with Crippen molar-refractivity contribution >= 4 is 17.2 Å². The maximum absolute atomic E-state index is 12.8. The number of rotatable bonds is 5. The van der Waals surface area contributed by atoms with Crippen LogP contribution in [-0.2, 0) is 11.3 Å². The number of nitrogens with two attached hydrogens (primary N) is 1. The van der Waals surface area contributed by atoms with E-state index in [2.05, 4.69) is 0 Å². The molecule has 1 aromatic carbocycles. The van der Waals surface area contributed by atoms with E-state index in [9.17, 15) is 9.90 Å². The fourth-order valence-corrected chi connectivity index (χ4v) is 3.65. The summed E-state index contributed by atoms with van der Waals surface area (Å²) >= 11 is 1.52. The maximum Gasteiger partial charge on any atom is 0.254 e. The Bertz CT molecular complexity index is 657. The number of thiophene rings is 1. The number of hydrogen-bond acceptors (Lipinski definition) is 5. The van der Waals surface area contributed by atoms with E-state index in [1.807, 2.05) is 46.7 Å². The van der Waals surface area contributed by atoms with Crippen molar-refractivity contribution in [1.29, 1.82) is 0 Å². The molecule has 0 spiro atoms. The molecule has 1 aliphatic heterocycles. The third kappa shape index (κ3) is 3.84. The van der Waals surface area contributed by atoms with Crippen LogP contribution < -0.4 is 5.73 Å². The molecule has 2 unspecified atom stereocenters. The SMILES string of the molecule is NCc1ccc(C(=O)N2CCOCC2CC(O)c2cccs2)cc1. The van der Waals surface area contributed by atoms with Gasteiger partial charge in [-0.3, -0.25) is 4.79 Å². The standard InChI is InChI=1S/C18H22N2O3S/c19-11-13-3-5-14(6-4-13)18(22)20-7-8-23-12-15(20)10-16(21)17-2-1-9-24-17/h1-6,9,15-16,21H,7-8,10-12,19H2. The number of benzene rings is 1. The van der Waals surface area contributed by atoms with Gasteiger partial charge in [0.05, 0.1) is 25.4 Å². The normalized spacial score (nSPS) is 19.2. The lowest BCUT2D eigenvalue weighted by atomic mass is 10.0. The van der Waals surface area contributed by atoms with E-state index in [-0.39, 0.29) is 11.9 Å². The Labute approximate surface area is 145 Å². The molecule has 24 heavy (non-hydrogen) atoms. The summed E-state index contributed by atoms with van der Waals surface area (Å²) in [6.07, 6.45) is -0.0979. The highest BCUT2D eigenvalue weighted by molar-refractivity contribution is 7.10. The molecule has 0 saturated carbocycles. The molecular formula is C18H22N2O3S. The molecule has 2 atom stereocenters. The minimum absolute atomic E-state index is 0.0229. The fraction of sp³-hybridized carbons (Fsp3) is 0.389. The smallest absolute Gasteiger partial charge is 0.254 e. The van der Waals surface area contributed by atoms with Crippen LogP contribution >= 0.6 is 11.3 Å². The van der Waals surface area contributed by atoms with Gasteiger partial charge in [0.2, 0.25) is 0 Å². The van der Waals surface area contributed by atoms with Crippen LogP contribution in [0.3, 0.4) is 0 Å².